The normalized spacial score (nSPS) is 10.3. The van der Waals surface area contributed by atoms with Crippen molar-refractivity contribution in [2.24, 2.45) is 0 Å². The molecule has 5 nitrogen and oxygen atoms in total. The van der Waals surface area contributed by atoms with Gasteiger partial charge in [-0.15, -0.1) is 0 Å². The second-order valence-corrected chi connectivity index (χ2v) is 3.47. The Morgan fingerprint density at radius 2 is 1.94 bits per heavy atom. The molecule has 0 fully saturated rings. The number of nitrogens with zero attached hydrogens (tertiary/aromatic N) is 1. The van der Waals surface area contributed by atoms with E-state index in [-0.39, 0.29) is 13.2 Å². The van der Waals surface area contributed by atoms with E-state index < -0.39 is 11.9 Å². The number of hydroxylamine groups is 2. The third-order valence-electron chi connectivity index (χ3n) is 2.08. The average Bonchev–Trinajstić information content (AvgIpc) is 2.37. The molecule has 0 saturated heterocycles. The van der Waals surface area contributed by atoms with Gasteiger partial charge in [0.25, 0.3) is 5.91 Å². The topological polar surface area (TPSA) is 66.8 Å². The lowest BCUT2D eigenvalue weighted by Gasteiger charge is -2.12. The highest BCUT2D eigenvalue weighted by molar-refractivity contribution is 5.93. The summed E-state index contributed by atoms with van der Waals surface area (Å²) in [6.45, 7) is 1.97. The van der Waals surface area contributed by atoms with Gasteiger partial charge in [-0.25, -0.2) is 9.86 Å². The van der Waals surface area contributed by atoms with Crippen molar-refractivity contribution >= 4 is 11.9 Å². The summed E-state index contributed by atoms with van der Waals surface area (Å²) in [6.07, 6.45) is 1.96. The number of hydrogen-bond acceptors (Lipinski definition) is 4. The number of amides is 1. The van der Waals surface area contributed by atoms with Crippen LogP contribution in [-0.2, 0) is 20.9 Å². The van der Waals surface area contributed by atoms with Gasteiger partial charge in [0.2, 0.25) is 0 Å². The summed E-state index contributed by atoms with van der Waals surface area (Å²) < 4.78 is 4.61. The van der Waals surface area contributed by atoms with Crippen LogP contribution in [0, 0.1) is 0 Å². The van der Waals surface area contributed by atoms with Crippen LogP contribution >= 0.6 is 0 Å². The van der Waals surface area contributed by atoms with Crippen LogP contribution in [0.2, 0.25) is 0 Å². The van der Waals surface area contributed by atoms with E-state index in [1.807, 2.05) is 18.2 Å². The molecule has 1 aromatic carbocycles. The Morgan fingerprint density at radius 3 is 2.56 bits per heavy atom. The molecule has 1 N–H and O–H groups in total. The smallest absolute Gasteiger partial charge is 0.330 e. The lowest BCUT2D eigenvalue weighted by atomic mass is 10.2. The van der Waals surface area contributed by atoms with Gasteiger partial charge in [-0.3, -0.25) is 10.0 Å². The first-order valence-electron chi connectivity index (χ1n) is 5.52. The Bertz CT molecular complexity index is 428. The fourth-order valence-corrected chi connectivity index (χ4v) is 1.25. The zero-order chi connectivity index (χ0) is 13.4. The van der Waals surface area contributed by atoms with E-state index in [4.69, 9.17) is 0 Å². The van der Waals surface area contributed by atoms with Crippen molar-refractivity contribution in [3.63, 3.8) is 0 Å². The van der Waals surface area contributed by atoms with Crippen LogP contribution in [0.1, 0.15) is 12.5 Å². The van der Waals surface area contributed by atoms with E-state index in [1.54, 1.807) is 19.1 Å². The summed E-state index contributed by atoms with van der Waals surface area (Å²) in [6, 6.07) is 9.02. The van der Waals surface area contributed by atoms with Crippen molar-refractivity contribution in [3.05, 3.63) is 48.0 Å². The van der Waals surface area contributed by atoms with Crippen LogP contribution in [0.4, 0.5) is 0 Å². The van der Waals surface area contributed by atoms with Crippen LogP contribution < -0.4 is 0 Å². The van der Waals surface area contributed by atoms with Gasteiger partial charge in [0.15, 0.2) is 0 Å². The van der Waals surface area contributed by atoms with Gasteiger partial charge < -0.3 is 4.74 Å². The van der Waals surface area contributed by atoms with E-state index in [0.29, 0.717) is 5.06 Å². The fourth-order valence-electron chi connectivity index (χ4n) is 1.25. The molecule has 0 saturated carbocycles. The highest BCUT2D eigenvalue weighted by atomic mass is 16.5. The van der Waals surface area contributed by atoms with Gasteiger partial charge in [-0.2, -0.15) is 0 Å². The van der Waals surface area contributed by atoms with Crippen molar-refractivity contribution in [3.8, 4) is 0 Å². The van der Waals surface area contributed by atoms with Crippen molar-refractivity contribution < 1.29 is 19.5 Å². The Morgan fingerprint density at radius 1 is 1.28 bits per heavy atom. The van der Waals surface area contributed by atoms with Crippen LogP contribution in [0.5, 0.6) is 0 Å². The van der Waals surface area contributed by atoms with Crippen molar-refractivity contribution in [1.82, 2.24) is 5.06 Å². The molecule has 0 aliphatic heterocycles. The minimum Gasteiger partial charge on any atom is -0.463 e. The van der Waals surface area contributed by atoms with E-state index >= 15 is 0 Å². The van der Waals surface area contributed by atoms with Crippen molar-refractivity contribution in [2.45, 2.75) is 13.5 Å². The van der Waals surface area contributed by atoms with E-state index in [1.165, 1.54) is 0 Å². The van der Waals surface area contributed by atoms with Gasteiger partial charge in [-0.1, -0.05) is 30.3 Å². The second-order valence-electron chi connectivity index (χ2n) is 3.47. The number of hydrogen-bond donors (Lipinski definition) is 1. The predicted molar refractivity (Wildman–Crippen MR) is 64.6 cm³/mol. The van der Waals surface area contributed by atoms with Gasteiger partial charge >= 0.3 is 5.97 Å². The third-order valence-corrected chi connectivity index (χ3v) is 2.08. The quantitative estimate of drug-likeness (QED) is 0.372. The zero-order valence-electron chi connectivity index (χ0n) is 10.1. The summed E-state index contributed by atoms with van der Waals surface area (Å²) in [5.41, 5.74) is 0.790. The maximum atomic E-state index is 11.4. The first-order valence-corrected chi connectivity index (χ1v) is 5.52. The Balaban J connectivity index is 2.49. The molecule has 0 unspecified atom stereocenters. The van der Waals surface area contributed by atoms with Gasteiger partial charge in [0.05, 0.1) is 13.2 Å². The zero-order valence-corrected chi connectivity index (χ0v) is 10.1. The summed E-state index contributed by atoms with van der Waals surface area (Å²) in [7, 11) is 0. The molecule has 0 aliphatic rings. The molecule has 18 heavy (non-hydrogen) atoms. The Kier molecular flexibility index (Phi) is 5.60. The largest absolute Gasteiger partial charge is 0.463 e. The molecule has 0 radical (unpaired) electrons. The molecular weight excluding hydrogens is 234 g/mol. The number of carbonyl (C=O) groups is 2. The molecular formula is C13H15NO4. The van der Waals surface area contributed by atoms with Crippen LogP contribution in [0.3, 0.4) is 0 Å². The summed E-state index contributed by atoms with van der Waals surface area (Å²) in [4.78, 5) is 22.4. The van der Waals surface area contributed by atoms with Gasteiger partial charge in [0.1, 0.15) is 0 Å². The Hall–Kier alpha value is -2.14. The first-order chi connectivity index (χ1) is 8.63. The molecule has 1 rings (SSSR count). The summed E-state index contributed by atoms with van der Waals surface area (Å²) >= 11 is 0. The Labute approximate surface area is 105 Å². The van der Waals surface area contributed by atoms with E-state index in [9.17, 15) is 14.8 Å². The number of carbonyl (C=O) groups excluding carboxylic acids is 2. The first kappa shape index (κ1) is 13.9. The molecule has 0 aromatic heterocycles. The van der Waals surface area contributed by atoms with E-state index in [0.717, 1.165) is 17.7 Å². The number of rotatable bonds is 5. The maximum absolute atomic E-state index is 11.4. The van der Waals surface area contributed by atoms with Crippen LogP contribution in [0.25, 0.3) is 0 Å². The van der Waals surface area contributed by atoms with Gasteiger partial charge in [0, 0.05) is 12.2 Å². The maximum Gasteiger partial charge on any atom is 0.330 e. The standard InChI is InChI=1S/C13H15NO4/c1-2-18-13(16)9-8-12(15)14(17)10-11-6-4-3-5-7-11/h3-9,17H,2,10H2,1H3/b9-8+. The molecule has 1 aromatic rings. The molecule has 0 atom stereocenters. The summed E-state index contributed by atoms with van der Waals surface area (Å²) in [5.74, 6) is -1.29. The number of ether oxygens (including phenoxy) is 1. The lowest BCUT2D eigenvalue weighted by molar-refractivity contribution is -0.162. The molecule has 0 spiro atoms. The average molecular weight is 249 g/mol. The highest BCUT2D eigenvalue weighted by Crippen LogP contribution is 2.02. The highest BCUT2D eigenvalue weighted by Gasteiger charge is 2.08. The molecule has 0 heterocycles. The molecule has 0 bridgehead atoms. The monoisotopic (exact) mass is 249 g/mol. The molecule has 0 aliphatic carbocycles. The third kappa shape index (κ3) is 4.80. The SMILES string of the molecule is CCOC(=O)/C=C/C(=O)N(O)Cc1ccccc1. The second kappa shape index (κ2) is 7.24. The minimum absolute atomic E-state index is 0.0623. The number of benzene rings is 1. The molecule has 5 heteroatoms. The molecule has 96 valence electrons. The van der Waals surface area contributed by atoms with Crippen molar-refractivity contribution in [2.75, 3.05) is 6.61 Å². The van der Waals surface area contributed by atoms with Gasteiger partial charge in [-0.05, 0) is 12.5 Å². The van der Waals surface area contributed by atoms with Crippen LogP contribution in [-0.4, -0.2) is 28.8 Å². The van der Waals surface area contributed by atoms with E-state index in [2.05, 4.69) is 4.74 Å². The number of esters is 1. The van der Waals surface area contributed by atoms with Crippen molar-refractivity contribution in [1.29, 1.82) is 0 Å². The minimum atomic E-state index is -0.674. The predicted octanol–water partition coefficient (Wildman–Crippen LogP) is 1.52. The van der Waals surface area contributed by atoms with Crippen LogP contribution in [0.15, 0.2) is 42.5 Å². The lowest BCUT2D eigenvalue weighted by Crippen LogP contribution is -2.25. The summed E-state index contributed by atoms with van der Waals surface area (Å²) in [5, 5.41) is 10.0. The fraction of sp³-hybridized carbons (Fsp3) is 0.231. The molecule has 1 amide bonds.